The smallest absolute Gasteiger partial charge is 0.416 e. The van der Waals surface area contributed by atoms with Crippen LogP contribution < -0.4 is 10.1 Å². The fraction of sp³-hybridized carbons (Fsp3) is 0.368. The van der Waals surface area contributed by atoms with E-state index in [-0.39, 0.29) is 27.9 Å². The van der Waals surface area contributed by atoms with Crippen LogP contribution in [0.25, 0.3) is 0 Å². The van der Waals surface area contributed by atoms with Gasteiger partial charge in [-0.2, -0.15) is 13.2 Å². The molecule has 2 aromatic carbocycles. The fourth-order valence-corrected chi connectivity index (χ4v) is 2.82. The fourth-order valence-electron chi connectivity index (χ4n) is 2.60. The Bertz CT molecular complexity index is 840. The van der Waals surface area contributed by atoms with E-state index in [2.05, 4.69) is 5.32 Å². The molecule has 0 radical (unpaired) electrons. The molecule has 0 saturated heterocycles. The van der Waals surface area contributed by atoms with E-state index in [9.17, 15) is 23.3 Å². The highest BCUT2D eigenvalue weighted by atomic mass is 35.5. The lowest BCUT2D eigenvalue weighted by atomic mass is 10.0. The standard InChI is InChI=1S/C19H20ClF3N2O3/c1-3-12(4-2)11-24-16-10-14(6-7-17(16)25(26)27)28-18-8-5-13(9-15(18)20)19(21,22)23/h5-10,12,24H,3-4,11H2,1-2H3. The van der Waals surface area contributed by atoms with E-state index in [4.69, 9.17) is 16.3 Å². The van der Waals surface area contributed by atoms with Gasteiger partial charge in [-0.05, 0) is 30.2 Å². The number of benzene rings is 2. The van der Waals surface area contributed by atoms with E-state index < -0.39 is 16.7 Å². The van der Waals surface area contributed by atoms with Crippen molar-refractivity contribution in [2.24, 2.45) is 5.92 Å². The largest absolute Gasteiger partial charge is 0.456 e. The molecule has 2 aromatic rings. The third-order valence-corrected chi connectivity index (χ3v) is 4.68. The zero-order chi connectivity index (χ0) is 20.9. The average molecular weight is 417 g/mol. The molecule has 0 spiro atoms. The Morgan fingerprint density at radius 3 is 2.39 bits per heavy atom. The van der Waals surface area contributed by atoms with Gasteiger partial charge in [-0.15, -0.1) is 0 Å². The number of nitro groups is 1. The van der Waals surface area contributed by atoms with Crippen molar-refractivity contribution >= 4 is 23.0 Å². The molecule has 0 amide bonds. The molecular formula is C19H20ClF3N2O3. The van der Waals surface area contributed by atoms with E-state index >= 15 is 0 Å². The lowest BCUT2D eigenvalue weighted by molar-refractivity contribution is -0.384. The summed E-state index contributed by atoms with van der Waals surface area (Å²) in [6, 6.07) is 6.84. The molecule has 0 bridgehead atoms. The minimum atomic E-state index is -4.51. The number of alkyl halides is 3. The van der Waals surface area contributed by atoms with E-state index in [0.29, 0.717) is 12.5 Å². The van der Waals surface area contributed by atoms with Crippen molar-refractivity contribution < 1.29 is 22.8 Å². The predicted molar refractivity (Wildman–Crippen MR) is 102 cm³/mol. The minimum absolute atomic E-state index is 0.0227. The molecule has 0 aromatic heterocycles. The van der Waals surface area contributed by atoms with Gasteiger partial charge in [-0.3, -0.25) is 10.1 Å². The molecule has 2 rings (SSSR count). The summed E-state index contributed by atoms with van der Waals surface area (Å²) in [6.45, 7) is 4.63. The lowest BCUT2D eigenvalue weighted by Gasteiger charge is -2.15. The van der Waals surface area contributed by atoms with Gasteiger partial charge >= 0.3 is 6.18 Å². The van der Waals surface area contributed by atoms with E-state index in [0.717, 1.165) is 31.0 Å². The zero-order valence-electron chi connectivity index (χ0n) is 15.3. The van der Waals surface area contributed by atoms with Gasteiger partial charge < -0.3 is 10.1 Å². The monoisotopic (exact) mass is 416 g/mol. The first-order chi connectivity index (χ1) is 13.2. The molecular weight excluding hydrogens is 397 g/mol. The molecule has 0 aliphatic carbocycles. The SMILES string of the molecule is CCC(CC)CNc1cc(Oc2ccc(C(F)(F)F)cc2Cl)ccc1[N+](=O)[O-]. The molecule has 0 aliphatic rings. The highest BCUT2D eigenvalue weighted by molar-refractivity contribution is 6.32. The van der Waals surface area contributed by atoms with Crippen LogP contribution in [-0.2, 0) is 6.18 Å². The van der Waals surface area contributed by atoms with Gasteiger partial charge in [0, 0.05) is 18.7 Å². The number of ether oxygens (including phenoxy) is 1. The van der Waals surface area contributed by atoms with E-state index in [1.54, 1.807) is 0 Å². The number of hydrogen-bond donors (Lipinski definition) is 1. The molecule has 0 unspecified atom stereocenters. The summed E-state index contributed by atoms with van der Waals surface area (Å²) in [5, 5.41) is 14.1. The maximum Gasteiger partial charge on any atom is 0.416 e. The van der Waals surface area contributed by atoms with Crippen LogP contribution in [0.2, 0.25) is 5.02 Å². The van der Waals surface area contributed by atoms with Gasteiger partial charge in [0.1, 0.15) is 17.2 Å². The third-order valence-electron chi connectivity index (χ3n) is 4.39. The number of hydrogen-bond acceptors (Lipinski definition) is 4. The number of anilines is 1. The molecule has 0 atom stereocenters. The average Bonchev–Trinajstić information content (AvgIpc) is 2.63. The second-order valence-electron chi connectivity index (χ2n) is 6.24. The number of rotatable bonds is 8. The van der Waals surface area contributed by atoms with Crippen molar-refractivity contribution in [1.82, 2.24) is 0 Å². The second kappa shape index (κ2) is 9.14. The number of nitro benzene ring substituents is 1. The zero-order valence-corrected chi connectivity index (χ0v) is 16.1. The van der Waals surface area contributed by atoms with E-state index in [1.807, 2.05) is 13.8 Å². The highest BCUT2D eigenvalue weighted by Gasteiger charge is 2.31. The summed E-state index contributed by atoms with van der Waals surface area (Å²) in [5.74, 6) is 0.599. The van der Waals surface area contributed by atoms with Crippen LogP contribution in [0.5, 0.6) is 11.5 Å². The lowest BCUT2D eigenvalue weighted by Crippen LogP contribution is -2.13. The first-order valence-corrected chi connectivity index (χ1v) is 9.10. The Morgan fingerprint density at radius 2 is 1.86 bits per heavy atom. The normalized spacial score (nSPS) is 11.5. The maximum atomic E-state index is 12.7. The minimum Gasteiger partial charge on any atom is -0.456 e. The van der Waals surface area contributed by atoms with E-state index in [1.165, 1.54) is 18.2 Å². The van der Waals surface area contributed by atoms with Crippen LogP contribution in [0, 0.1) is 16.0 Å². The summed E-state index contributed by atoms with van der Waals surface area (Å²) < 4.78 is 43.8. The number of nitrogens with one attached hydrogen (secondary N) is 1. The summed E-state index contributed by atoms with van der Waals surface area (Å²) in [5.41, 5.74) is -0.727. The topological polar surface area (TPSA) is 64.4 Å². The summed E-state index contributed by atoms with van der Waals surface area (Å²) in [6.07, 6.45) is -2.66. The number of halogens is 4. The maximum absolute atomic E-state index is 12.7. The second-order valence-corrected chi connectivity index (χ2v) is 6.65. The van der Waals surface area contributed by atoms with Crippen LogP contribution in [0.4, 0.5) is 24.5 Å². The van der Waals surface area contributed by atoms with Gasteiger partial charge in [0.05, 0.1) is 15.5 Å². The van der Waals surface area contributed by atoms with Crippen molar-refractivity contribution in [2.75, 3.05) is 11.9 Å². The first-order valence-electron chi connectivity index (χ1n) is 8.72. The van der Waals surface area contributed by atoms with Crippen LogP contribution in [0.3, 0.4) is 0 Å². The van der Waals surface area contributed by atoms with Gasteiger partial charge in [0.15, 0.2) is 0 Å². The third kappa shape index (κ3) is 5.51. The Morgan fingerprint density at radius 1 is 1.18 bits per heavy atom. The molecule has 28 heavy (non-hydrogen) atoms. The van der Waals surface area contributed by atoms with Crippen molar-refractivity contribution in [1.29, 1.82) is 0 Å². The van der Waals surface area contributed by atoms with Crippen LogP contribution in [0.15, 0.2) is 36.4 Å². The molecule has 0 saturated carbocycles. The predicted octanol–water partition coefficient (Wildman–Crippen LogP) is 6.91. The van der Waals surface area contributed by atoms with Crippen molar-refractivity contribution in [3.05, 3.63) is 57.1 Å². The first kappa shape index (κ1) is 21.8. The molecule has 0 fully saturated rings. The van der Waals surface area contributed by atoms with Gasteiger partial charge in [0.25, 0.3) is 5.69 Å². The highest BCUT2D eigenvalue weighted by Crippen LogP contribution is 2.38. The molecule has 0 aliphatic heterocycles. The molecule has 0 heterocycles. The summed E-state index contributed by atoms with van der Waals surface area (Å²) >= 11 is 5.90. The molecule has 5 nitrogen and oxygen atoms in total. The summed E-state index contributed by atoms with van der Waals surface area (Å²) in [4.78, 5) is 10.7. The van der Waals surface area contributed by atoms with Crippen LogP contribution >= 0.6 is 11.6 Å². The van der Waals surface area contributed by atoms with Gasteiger partial charge in [0.2, 0.25) is 0 Å². The quantitative estimate of drug-likeness (QED) is 0.375. The van der Waals surface area contributed by atoms with Gasteiger partial charge in [-0.25, -0.2) is 0 Å². The van der Waals surface area contributed by atoms with Gasteiger partial charge in [-0.1, -0.05) is 38.3 Å². The molecule has 1 N–H and O–H groups in total. The van der Waals surface area contributed by atoms with Crippen molar-refractivity contribution in [3.63, 3.8) is 0 Å². The Balaban J connectivity index is 2.26. The Hall–Kier alpha value is -2.48. The van der Waals surface area contributed by atoms with Crippen molar-refractivity contribution in [2.45, 2.75) is 32.9 Å². The molecule has 9 heteroatoms. The molecule has 152 valence electrons. The Kier molecular flexibility index (Phi) is 7.12. The van der Waals surface area contributed by atoms with Crippen molar-refractivity contribution in [3.8, 4) is 11.5 Å². The summed E-state index contributed by atoms with van der Waals surface area (Å²) in [7, 11) is 0. The number of nitrogens with zero attached hydrogens (tertiary/aromatic N) is 1. The van der Waals surface area contributed by atoms with Crippen LogP contribution in [0.1, 0.15) is 32.3 Å². The van der Waals surface area contributed by atoms with Crippen LogP contribution in [-0.4, -0.2) is 11.5 Å². The Labute approximate surface area is 165 Å².